The maximum atomic E-state index is 4.60. The molecule has 1 aliphatic carbocycles. The number of hydrogen-bond donors (Lipinski definition) is 1. The van der Waals surface area contributed by atoms with E-state index in [2.05, 4.69) is 54.4 Å². The van der Waals surface area contributed by atoms with Crippen LogP contribution in [0.3, 0.4) is 0 Å². The van der Waals surface area contributed by atoms with Crippen molar-refractivity contribution in [1.29, 1.82) is 0 Å². The van der Waals surface area contributed by atoms with Crippen LogP contribution in [-0.2, 0) is 6.54 Å². The number of pyridine rings is 1. The van der Waals surface area contributed by atoms with Gasteiger partial charge in [-0.3, -0.25) is 9.88 Å². The minimum atomic E-state index is 0.479. The largest absolute Gasteiger partial charge is 0.319 e. The number of aryl methyl sites for hydroxylation is 1. The molecule has 1 fully saturated rings. The van der Waals surface area contributed by atoms with Crippen molar-refractivity contribution in [1.82, 2.24) is 15.2 Å². The molecule has 1 aromatic rings. The Balaban J connectivity index is 1.94. The van der Waals surface area contributed by atoms with Gasteiger partial charge in [-0.05, 0) is 51.4 Å². The molecule has 1 heterocycles. The zero-order valence-corrected chi connectivity index (χ0v) is 12.6. The minimum absolute atomic E-state index is 0.479. The molecule has 1 saturated carbocycles. The van der Waals surface area contributed by atoms with Gasteiger partial charge in [0.15, 0.2) is 0 Å². The van der Waals surface area contributed by atoms with Gasteiger partial charge in [-0.1, -0.05) is 18.9 Å². The molecule has 0 aromatic carbocycles. The van der Waals surface area contributed by atoms with Crippen LogP contribution in [-0.4, -0.2) is 37.1 Å². The fourth-order valence-corrected chi connectivity index (χ4v) is 3.48. The first-order chi connectivity index (χ1) is 9.13. The summed E-state index contributed by atoms with van der Waals surface area (Å²) < 4.78 is 0. The smallest absolute Gasteiger partial charge is 0.0547 e. The molecule has 0 spiro atoms. The third kappa shape index (κ3) is 4.02. The van der Waals surface area contributed by atoms with Gasteiger partial charge in [-0.2, -0.15) is 0 Å². The van der Waals surface area contributed by atoms with Crippen LogP contribution in [0.15, 0.2) is 18.2 Å². The molecule has 0 radical (unpaired) electrons. The summed E-state index contributed by atoms with van der Waals surface area (Å²) in [6.07, 6.45) is 5.50. The number of rotatable bonds is 6. The highest BCUT2D eigenvalue weighted by Crippen LogP contribution is 2.38. The van der Waals surface area contributed by atoms with E-state index in [1.165, 1.54) is 37.9 Å². The second-order valence-electron chi connectivity index (χ2n) is 6.18. The van der Waals surface area contributed by atoms with Crippen molar-refractivity contribution in [3.63, 3.8) is 0 Å². The van der Waals surface area contributed by atoms with Crippen LogP contribution in [0, 0.1) is 12.3 Å². The molecule has 0 saturated heterocycles. The number of aromatic nitrogens is 1. The Morgan fingerprint density at radius 3 is 2.68 bits per heavy atom. The Kier molecular flexibility index (Phi) is 4.94. The van der Waals surface area contributed by atoms with E-state index in [9.17, 15) is 0 Å². The molecule has 3 heteroatoms. The third-order valence-electron chi connectivity index (χ3n) is 4.20. The molecule has 2 rings (SSSR count). The van der Waals surface area contributed by atoms with E-state index in [4.69, 9.17) is 0 Å². The molecule has 0 bridgehead atoms. The monoisotopic (exact) mass is 261 g/mol. The number of hydrogen-bond acceptors (Lipinski definition) is 3. The van der Waals surface area contributed by atoms with Crippen molar-refractivity contribution < 1.29 is 0 Å². The summed E-state index contributed by atoms with van der Waals surface area (Å²) in [6.45, 7) is 5.32. The zero-order valence-electron chi connectivity index (χ0n) is 12.6. The predicted molar refractivity (Wildman–Crippen MR) is 80.1 cm³/mol. The van der Waals surface area contributed by atoms with Crippen LogP contribution in [0.2, 0.25) is 0 Å². The van der Waals surface area contributed by atoms with E-state index in [-0.39, 0.29) is 0 Å². The molecule has 3 nitrogen and oxygen atoms in total. The summed E-state index contributed by atoms with van der Waals surface area (Å²) in [4.78, 5) is 7.03. The SMILES string of the molecule is CNCC1(CN(C)Cc2cccc(C)n2)CCCC1. The normalized spacial score (nSPS) is 18.1. The van der Waals surface area contributed by atoms with E-state index in [1.54, 1.807) is 0 Å². The summed E-state index contributed by atoms with van der Waals surface area (Å²) in [5, 5.41) is 3.39. The van der Waals surface area contributed by atoms with E-state index in [1.807, 2.05) is 0 Å². The standard InChI is InChI=1S/C16H27N3/c1-14-7-6-8-15(18-14)11-19(3)13-16(12-17-2)9-4-5-10-16/h6-8,17H,4-5,9-13H2,1-3H3. The molecule has 0 atom stereocenters. The first-order valence-corrected chi connectivity index (χ1v) is 7.39. The van der Waals surface area contributed by atoms with Gasteiger partial charge >= 0.3 is 0 Å². The highest BCUT2D eigenvalue weighted by molar-refractivity contribution is 5.09. The van der Waals surface area contributed by atoms with Crippen LogP contribution >= 0.6 is 0 Å². The van der Waals surface area contributed by atoms with E-state index in [0.29, 0.717) is 5.41 Å². The summed E-state index contributed by atoms with van der Waals surface area (Å²) >= 11 is 0. The Morgan fingerprint density at radius 2 is 2.05 bits per heavy atom. The minimum Gasteiger partial charge on any atom is -0.319 e. The quantitative estimate of drug-likeness (QED) is 0.853. The van der Waals surface area contributed by atoms with Crippen LogP contribution < -0.4 is 5.32 Å². The van der Waals surface area contributed by atoms with Crippen molar-refractivity contribution >= 4 is 0 Å². The fourth-order valence-electron chi connectivity index (χ4n) is 3.48. The molecule has 0 aliphatic heterocycles. The van der Waals surface area contributed by atoms with Crippen molar-refractivity contribution in [3.05, 3.63) is 29.6 Å². The fraction of sp³-hybridized carbons (Fsp3) is 0.688. The first-order valence-electron chi connectivity index (χ1n) is 7.39. The first kappa shape index (κ1) is 14.5. The van der Waals surface area contributed by atoms with Gasteiger partial charge in [-0.15, -0.1) is 0 Å². The van der Waals surface area contributed by atoms with Crippen LogP contribution in [0.25, 0.3) is 0 Å². The molecule has 1 N–H and O–H groups in total. The van der Waals surface area contributed by atoms with Crippen molar-refractivity contribution in [2.24, 2.45) is 5.41 Å². The molecule has 106 valence electrons. The van der Waals surface area contributed by atoms with Gasteiger partial charge in [0, 0.05) is 25.3 Å². The summed E-state index contributed by atoms with van der Waals surface area (Å²) in [7, 11) is 4.29. The lowest BCUT2D eigenvalue weighted by atomic mass is 9.85. The Bertz CT molecular complexity index is 397. The maximum Gasteiger partial charge on any atom is 0.0547 e. The van der Waals surface area contributed by atoms with Crippen LogP contribution in [0.1, 0.15) is 37.1 Å². The lowest BCUT2D eigenvalue weighted by Crippen LogP contribution is -2.40. The topological polar surface area (TPSA) is 28.2 Å². The summed E-state index contributed by atoms with van der Waals surface area (Å²) in [6, 6.07) is 6.29. The van der Waals surface area contributed by atoms with E-state index in [0.717, 1.165) is 18.8 Å². The van der Waals surface area contributed by atoms with Crippen molar-refractivity contribution in [3.8, 4) is 0 Å². The van der Waals surface area contributed by atoms with Gasteiger partial charge in [-0.25, -0.2) is 0 Å². The van der Waals surface area contributed by atoms with Crippen LogP contribution in [0.4, 0.5) is 0 Å². The molecule has 1 aromatic heterocycles. The Labute approximate surface area is 117 Å². The number of nitrogens with one attached hydrogen (secondary N) is 1. The number of nitrogens with zero attached hydrogens (tertiary/aromatic N) is 2. The average molecular weight is 261 g/mol. The van der Waals surface area contributed by atoms with E-state index >= 15 is 0 Å². The van der Waals surface area contributed by atoms with Gasteiger partial charge in [0.1, 0.15) is 0 Å². The summed E-state index contributed by atoms with van der Waals surface area (Å²) in [5.41, 5.74) is 2.77. The lowest BCUT2D eigenvalue weighted by molar-refractivity contribution is 0.169. The molecular formula is C16H27N3. The van der Waals surface area contributed by atoms with E-state index < -0.39 is 0 Å². The Hall–Kier alpha value is -0.930. The third-order valence-corrected chi connectivity index (χ3v) is 4.20. The van der Waals surface area contributed by atoms with Gasteiger partial charge in [0.05, 0.1) is 5.69 Å². The maximum absolute atomic E-state index is 4.60. The molecule has 0 unspecified atom stereocenters. The zero-order chi connectivity index (χ0) is 13.7. The second-order valence-corrected chi connectivity index (χ2v) is 6.18. The predicted octanol–water partition coefficient (Wildman–Crippen LogP) is 2.60. The lowest BCUT2D eigenvalue weighted by Gasteiger charge is -2.33. The molecule has 1 aliphatic rings. The van der Waals surface area contributed by atoms with Crippen molar-refractivity contribution in [2.75, 3.05) is 27.2 Å². The second kappa shape index (κ2) is 6.49. The van der Waals surface area contributed by atoms with Gasteiger partial charge in [0.2, 0.25) is 0 Å². The molecular weight excluding hydrogens is 234 g/mol. The van der Waals surface area contributed by atoms with Crippen LogP contribution in [0.5, 0.6) is 0 Å². The molecule has 0 amide bonds. The molecule has 19 heavy (non-hydrogen) atoms. The van der Waals surface area contributed by atoms with Crippen molar-refractivity contribution in [2.45, 2.75) is 39.2 Å². The highest BCUT2D eigenvalue weighted by Gasteiger charge is 2.34. The van der Waals surface area contributed by atoms with Gasteiger partial charge < -0.3 is 5.32 Å². The highest BCUT2D eigenvalue weighted by atomic mass is 15.1. The Morgan fingerprint density at radius 1 is 1.32 bits per heavy atom. The summed E-state index contributed by atoms with van der Waals surface area (Å²) in [5.74, 6) is 0. The average Bonchev–Trinajstić information content (AvgIpc) is 2.77. The van der Waals surface area contributed by atoms with Gasteiger partial charge in [0.25, 0.3) is 0 Å².